The van der Waals surface area contributed by atoms with Crippen LogP contribution in [-0.2, 0) is 17.8 Å². The van der Waals surface area contributed by atoms with Gasteiger partial charge >= 0.3 is 0 Å². The number of methoxy groups -OCH3 is 1. The molecule has 0 aliphatic carbocycles. The fraction of sp³-hybridized carbons (Fsp3) is 0.409. The SMILES string of the molecule is COCCn1nnnc1C(c1ccc(Cl)cc1)N1CCN(Cc2ccccc2)CC1. The van der Waals surface area contributed by atoms with E-state index in [9.17, 15) is 0 Å². The first kappa shape index (κ1) is 20.9. The molecular formula is C22H27ClN6O. The van der Waals surface area contributed by atoms with E-state index >= 15 is 0 Å². The number of ether oxygens (including phenoxy) is 1. The van der Waals surface area contributed by atoms with Gasteiger partial charge in [-0.25, -0.2) is 4.68 Å². The van der Waals surface area contributed by atoms with Gasteiger partial charge in [-0.3, -0.25) is 9.80 Å². The average Bonchev–Trinajstić information content (AvgIpc) is 3.24. The predicted octanol–water partition coefficient (Wildman–Crippen LogP) is 2.88. The number of halogens is 1. The maximum Gasteiger partial charge on any atom is 0.173 e. The van der Waals surface area contributed by atoms with E-state index in [0.29, 0.717) is 13.2 Å². The largest absolute Gasteiger partial charge is 0.383 e. The third-order valence-electron chi connectivity index (χ3n) is 5.52. The normalized spacial score (nSPS) is 16.6. The van der Waals surface area contributed by atoms with Crippen molar-refractivity contribution in [3.05, 3.63) is 76.6 Å². The topological polar surface area (TPSA) is 59.3 Å². The van der Waals surface area contributed by atoms with Crippen LogP contribution in [-0.4, -0.2) is 69.9 Å². The van der Waals surface area contributed by atoms with Crippen LogP contribution in [0.2, 0.25) is 5.02 Å². The molecule has 1 saturated heterocycles. The molecule has 1 aliphatic rings. The zero-order valence-corrected chi connectivity index (χ0v) is 17.9. The summed E-state index contributed by atoms with van der Waals surface area (Å²) in [5, 5.41) is 13.3. The highest BCUT2D eigenvalue weighted by atomic mass is 35.5. The molecule has 1 unspecified atom stereocenters. The van der Waals surface area contributed by atoms with E-state index in [0.717, 1.165) is 49.1 Å². The summed E-state index contributed by atoms with van der Waals surface area (Å²) in [5.41, 5.74) is 2.49. The fourth-order valence-corrected chi connectivity index (χ4v) is 4.06. The van der Waals surface area contributed by atoms with Crippen molar-refractivity contribution in [2.45, 2.75) is 19.1 Å². The molecule has 3 aromatic rings. The van der Waals surface area contributed by atoms with E-state index in [-0.39, 0.29) is 6.04 Å². The number of benzene rings is 2. The van der Waals surface area contributed by atoms with Gasteiger partial charge in [-0.1, -0.05) is 54.1 Å². The van der Waals surface area contributed by atoms with Crippen LogP contribution in [0.4, 0.5) is 0 Å². The molecule has 0 N–H and O–H groups in total. The lowest BCUT2D eigenvalue weighted by atomic mass is 10.0. The highest BCUT2D eigenvalue weighted by Gasteiger charge is 2.30. The van der Waals surface area contributed by atoms with Crippen molar-refractivity contribution in [3.8, 4) is 0 Å². The van der Waals surface area contributed by atoms with Gasteiger partial charge < -0.3 is 4.74 Å². The second-order valence-electron chi connectivity index (χ2n) is 7.50. The maximum atomic E-state index is 6.14. The van der Waals surface area contributed by atoms with E-state index in [1.807, 2.05) is 16.8 Å². The van der Waals surface area contributed by atoms with Gasteiger partial charge in [0, 0.05) is 44.9 Å². The molecule has 2 heterocycles. The van der Waals surface area contributed by atoms with Crippen LogP contribution < -0.4 is 0 Å². The summed E-state index contributed by atoms with van der Waals surface area (Å²) in [6.45, 7) is 6.05. The molecule has 1 aromatic heterocycles. The van der Waals surface area contributed by atoms with Gasteiger partial charge in [0.25, 0.3) is 0 Å². The first-order valence-electron chi connectivity index (χ1n) is 10.3. The monoisotopic (exact) mass is 426 g/mol. The van der Waals surface area contributed by atoms with Crippen LogP contribution in [0.25, 0.3) is 0 Å². The van der Waals surface area contributed by atoms with Crippen molar-refractivity contribution in [3.63, 3.8) is 0 Å². The van der Waals surface area contributed by atoms with E-state index in [2.05, 4.69) is 67.8 Å². The zero-order chi connectivity index (χ0) is 20.8. The van der Waals surface area contributed by atoms with Crippen LogP contribution in [0, 0.1) is 0 Å². The molecule has 0 saturated carbocycles. The summed E-state index contributed by atoms with van der Waals surface area (Å²) in [7, 11) is 1.69. The molecule has 0 radical (unpaired) electrons. The number of nitrogens with zero attached hydrogens (tertiary/aromatic N) is 6. The number of hydrogen-bond donors (Lipinski definition) is 0. The Morgan fingerprint density at radius 3 is 2.43 bits per heavy atom. The minimum Gasteiger partial charge on any atom is -0.383 e. The van der Waals surface area contributed by atoms with Crippen molar-refractivity contribution in [1.82, 2.24) is 30.0 Å². The van der Waals surface area contributed by atoms with E-state index in [1.165, 1.54) is 5.56 Å². The van der Waals surface area contributed by atoms with Crippen molar-refractivity contribution in [2.75, 3.05) is 39.9 Å². The van der Waals surface area contributed by atoms with E-state index < -0.39 is 0 Å². The molecule has 0 amide bonds. The average molecular weight is 427 g/mol. The van der Waals surface area contributed by atoms with Crippen LogP contribution in [0.5, 0.6) is 0 Å². The van der Waals surface area contributed by atoms with Gasteiger partial charge in [0.1, 0.15) is 0 Å². The lowest BCUT2D eigenvalue weighted by molar-refractivity contribution is 0.0989. The Morgan fingerprint density at radius 1 is 1.00 bits per heavy atom. The highest BCUT2D eigenvalue weighted by Crippen LogP contribution is 2.29. The summed E-state index contributed by atoms with van der Waals surface area (Å²) >= 11 is 6.14. The Morgan fingerprint density at radius 2 is 1.73 bits per heavy atom. The molecule has 1 aliphatic heterocycles. The first-order chi connectivity index (χ1) is 14.7. The quantitative estimate of drug-likeness (QED) is 0.552. The molecule has 8 heteroatoms. The van der Waals surface area contributed by atoms with Gasteiger partial charge in [0.05, 0.1) is 19.2 Å². The molecular weight excluding hydrogens is 400 g/mol. The Balaban J connectivity index is 1.52. The molecule has 30 heavy (non-hydrogen) atoms. The van der Waals surface area contributed by atoms with Crippen LogP contribution in [0.3, 0.4) is 0 Å². The zero-order valence-electron chi connectivity index (χ0n) is 17.2. The Bertz CT molecular complexity index is 909. The van der Waals surface area contributed by atoms with E-state index in [4.69, 9.17) is 16.3 Å². The summed E-state index contributed by atoms with van der Waals surface area (Å²) in [5.74, 6) is 0.839. The Kier molecular flexibility index (Phi) is 7.07. The van der Waals surface area contributed by atoms with Gasteiger partial charge in [-0.15, -0.1) is 5.10 Å². The molecule has 1 atom stereocenters. The van der Waals surface area contributed by atoms with Crippen molar-refractivity contribution in [1.29, 1.82) is 0 Å². The molecule has 158 valence electrons. The summed E-state index contributed by atoms with van der Waals surface area (Å²) < 4.78 is 7.08. The van der Waals surface area contributed by atoms with Crippen LogP contribution in [0.15, 0.2) is 54.6 Å². The summed E-state index contributed by atoms with van der Waals surface area (Å²) in [4.78, 5) is 4.96. The minimum absolute atomic E-state index is 0.0204. The second kappa shape index (κ2) is 10.1. The molecule has 4 rings (SSSR count). The predicted molar refractivity (Wildman–Crippen MR) is 116 cm³/mol. The molecule has 1 fully saturated rings. The smallest absolute Gasteiger partial charge is 0.173 e. The van der Waals surface area contributed by atoms with Gasteiger partial charge in [0.2, 0.25) is 0 Å². The van der Waals surface area contributed by atoms with Gasteiger partial charge in [-0.05, 0) is 33.7 Å². The summed E-state index contributed by atoms with van der Waals surface area (Å²) in [6.07, 6.45) is 0. The second-order valence-corrected chi connectivity index (χ2v) is 7.94. The van der Waals surface area contributed by atoms with E-state index in [1.54, 1.807) is 7.11 Å². The Hall–Kier alpha value is -2.32. The van der Waals surface area contributed by atoms with Crippen LogP contribution >= 0.6 is 11.6 Å². The third-order valence-corrected chi connectivity index (χ3v) is 5.77. The fourth-order valence-electron chi connectivity index (χ4n) is 3.93. The standard InChI is InChI=1S/C22H27ClN6O/c1-30-16-15-29-22(24-25-26-29)21(19-7-9-20(23)10-8-19)28-13-11-27(12-14-28)17-18-5-3-2-4-6-18/h2-10,21H,11-17H2,1H3. The molecule has 7 nitrogen and oxygen atoms in total. The lowest BCUT2D eigenvalue weighted by Gasteiger charge is -2.39. The van der Waals surface area contributed by atoms with Crippen molar-refractivity contribution < 1.29 is 4.74 Å². The number of hydrogen-bond acceptors (Lipinski definition) is 6. The number of piperazine rings is 1. The van der Waals surface area contributed by atoms with Gasteiger partial charge in [-0.2, -0.15) is 0 Å². The highest BCUT2D eigenvalue weighted by molar-refractivity contribution is 6.30. The maximum absolute atomic E-state index is 6.14. The number of tetrazole rings is 1. The number of aromatic nitrogens is 4. The first-order valence-corrected chi connectivity index (χ1v) is 10.6. The Labute approximate surface area is 182 Å². The van der Waals surface area contributed by atoms with Gasteiger partial charge in [0.15, 0.2) is 5.82 Å². The molecule has 2 aromatic carbocycles. The van der Waals surface area contributed by atoms with Crippen LogP contribution in [0.1, 0.15) is 23.0 Å². The number of rotatable bonds is 8. The van der Waals surface area contributed by atoms with Crippen molar-refractivity contribution in [2.24, 2.45) is 0 Å². The third kappa shape index (κ3) is 5.05. The molecule has 0 spiro atoms. The molecule has 0 bridgehead atoms. The summed E-state index contributed by atoms with van der Waals surface area (Å²) in [6, 6.07) is 18.6. The van der Waals surface area contributed by atoms with Crippen molar-refractivity contribution >= 4 is 11.6 Å². The lowest BCUT2D eigenvalue weighted by Crippen LogP contribution is -2.48. The minimum atomic E-state index is -0.0204.